The Labute approximate surface area is 214 Å². The summed E-state index contributed by atoms with van der Waals surface area (Å²) in [5, 5.41) is 10.5. The predicted octanol–water partition coefficient (Wildman–Crippen LogP) is 2.03. The first kappa shape index (κ1) is 27.0. The van der Waals surface area contributed by atoms with E-state index in [1.54, 1.807) is 12.1 Å². The number of nitrogens with zero attached hydrogens (tertiary/aromatic N) is 3. The maximum Gasteiger partial charge on any atom is 0.387 e. The van der Waals surface area contributed by atoms with Crippen molar-refractivity contribution < 1.29 is 27.9 Å². The summed E-state index contributed by atoms with van der Waals surface area (Å²) in [7, 11) is 1.70. The summed E-state index contributed by atoms with van der Waals surface area (Å²) in [5.74, 6) is 4.68. The van der Waals surface area contributed by atoms with Crippen LogP contribution in [0, 0.1) is 17.8 Å². The second-order valence-electron chi connectivity index (χ2n) is 7.48. The van der Waals surface area contributed by atoms with Gasteiger partial charge in [-0.2, -0.15) is 13.9 Å². The summed E-state index contributed by atoms with van der Waals surface area (Å²) in [6, 6.07) is 1.17. The molecule has 1 fully saturated rings. The number of pyridine rings is 1. The lowest BCUT2D eigenvalue weighted by Gasteiger charge is -2.16. The molecule has 2 heterocycles. The van der Waals surface area contributed by atoms with Crippen LogP contribution in [0.3, 0.4) is 0 Å². The van der Waals surface area contributed by atoms with E-state index >= 15 is 0 Å². The molecule has 1 aliphatic carbocycles. The molecule has 0 saturated heterocycles. The van der Waals surface area contributed by atoms with Crippen LogP contribution in [-0.4, -0.2) is 52.4 Å². The average molecular weight is 539 g/mol. The fourth-order valence-electron chi connectivity index (χ4n) is 2.92. The number of carbonyl (C=O) groups excluding carboxylic acids is 3. The Kier molecular flexibility index (Phi) is 9.26. The predicted molar refractivity (Wildman–Crippen MR) is 130 cm³/mol. The molecule has 0 bridgehead atoms. The van der Waals surface area contributed by atoms with Crippen LogP contribution in [0.15, 0.2) is 35.2 Å². The summed E-state index contributed by atoms with van der Waals surface area (Å²) < 4.78 is 30.6. The lowest BCUT2D eigenvalue weighted by atomic mass is 9.97. The third-order valence-corrected chi connectivity index (χ3v) is 5.96. The molecule has 14 heteroatoms. The quantitative estimate of drug-likeness (QED) is 0.144. The van der Waals surface area contributed by atoms with Gasteiger partial charge in [0.1, 0.15) is 5.15 Å². The lowest BCUT2D eigenvalue weighted by molar-refractivity contribution is -0.117. The number of amides is 3. The minimum atomic E-state index is -3.22. The van der Waals surface area contributed by atoms with Gasteiger partial charge in [0, 0.05) is 42.3 Å². The number of aromatic nitrogens is 1. The van der Waals surface area contributed by atoms with Gasteiger partial charge in [-0.05, 0) is 30.7 Å². The largest absolute Gasteiger partial charge is 0.433 e. The molecule has 1 unspecified atom stereocenters. The number of rotatable bonds is 9. The smallest absolute Gasteiger partial charge is 0.387 e. The van der Waals surface area contributed by atoms with Crippen molar-refractivity contribution >= 4 is 52.3 Å². The number of alkyl halides is 2. The Morgan fingerprint density at radius 3 is 2.81 bits per heavy atom. The summed E-state index contributed by atoms with van der Waals surface area (Å²) in [6.07, 6.45) is 5.25. The van der Waals surface area contributed by atoms with Gasteiger partial charge < -0.3 is 15.8 Å². The number of primary amides is 1. The number of carbonyl (C=O) groups is 3. The molecule has 0 radical (unpaired) electrons. The monoisotopic (exact) mass is 538 g/mol. The van der Waals surface area contributed by atoms with Crippen LogP contribution in [0.1, 0.15) is 24.8 Å². The first-order valence-electron chi connectivity index (χ1n) is 10.5. The van der Waals surface area contributed by atoms with E-state index in [1.807, 2.05) is 0 Å². The van der Waals surface area contributed by atoms with Crippen molar-refractivity contribution in [3.05, 3.63) is 40.8 Å². The van der Waals surface area contributed by atoms with E-state index in [2.05, 4.69) is 37.3 Å². The maximum atomic E-state index is 13.3. The zero-order chi connectivity index (χ0) is 26.2. The van der Waals surface area contributed by atoms with Gasteiger partial charge in [-0.15, -0.1) is 0 Å². The topological polar surface area (TPSA) is 139 Å². The summed E-state index contributed by atoms with van der Waals surface area (Å²) in [6.45, 7) is -3.22. The first-order valence-corrected chi connectivity index (χ1v) is 11.7. The van der Waals surface area contributed by atoms with Crippen molar-refractivity contribution in [2.24, 2.45) is 16.8 Å². The number of amidine groups is 1. The third-order valence-electron chi connectivity index (χ3n) is 4.70. The highest BCUT2D eigenvalue weighted by Gasteiger charge is 2.28. The number of nitrogens with one attached hydrogen (secondary N) is 2. The van der Waals surface area contributed by atoms with Gasteiger partial charge >= 0.3 is 6.61 Å². The number of halogens is 3. The summed E-state index contributed by atoms with van der Waals surface area (Å²) >= 11 is 7.17. The van der Waals surface area contributed by atoms with Crippen LogP contribution in [0.2, 0.25) is 5.15 Å². The molecule has 1 saturated carbocycles. The van der Waals surface area contributed by atoms with Crippen LogP contribution in [-0.2, 0) is 14.4 Å². The molecule has 3 rings (SSSR count). The second-order valence-corrected chi connectivity index (χ2v) is 8.93. The second kappa shape index (κ2) is 12.4. The van der Waals surface area contributed by atoms with Gasteiger partial charge in [0.05, 0.1) is 6.20 Å². The molecule has 0 aromatic carbocycles. The molecule has 1 aromatic rings. The molecule has 4 N–H and O–H groups in total. The highest BCUT2D eigenvalue weighted by Crippen LogP contribution is 2.34. The van der Waals surface area contributed by atoms with Crippen LogP contribution < -0.4 is 21.1 Å². The van der Waals surface area contributed by atoms with Crippen LogP contribution in [0.5, 0.6) is 5.75 Å². The van der Waals surface area contributed by atoms with Crippen molar-refractivity contribution in [2.75, 3.05) is 7.05 Å². The van der Waals surface area contributed by atoms with E-state index < -0.39 is 24.2 Å². The summed E-state index contributed by atoms with van der Waals surface area (Å²) in [4.78, 5) is 39.5. The zero-order valence-corrected chi connectivity index (χ0v) is 20.4. The van der Waals surface area contributed by atoms with Gasteiger partial charge in [0.15, 0.2) is 16.3 Å². The van der Waals surface area contributed by atoms with Crippen molar-refractivity contribution in [3.8, 4) is 17.6 Å². The van der Waals surface area contributed by atoms with Gasteiger partial charge in [0.25, 0.3) is 5.91 Å². The standard InChI is InChI=1S/C22H21ClF2N6O4S/c1-31-19(7-4-12-2-3-12)36-22(30-31)29-20(34)13(5-6-18(26)33)15(9-27-11-32)14-8-17(23)28-10-16(14)35-21(24)25/h5,8-12,19,21H,2-3,6H2,1H3,(H2,26,33)(H,27,32)(H,29,30,34)/b13-5+,15-9+. The van der Waals surface area contributed by atoms with Gasteiger partial charge in [-0.1, -0.05) is 29.5 Å². The Hall–Kier alpha value is -3.63. The number of hydrogen-bond donors (Lipinski definition) is 3. The Morgan fingerprint density at radius 2 is 2.17 bits per heavy atom. The third kappa shape index (κ3) is 7.69. The van der Waals surface area contributed by atoms with E-state index in [-0.39, 0.29) is 38.8 Å². The van der Waals surface area contributed by atoms with Gasteiger partial charge in [-0.3, -0.25) is 24.7 Å². The van der Waals surface area contributed by atoms with Gasteiger partial charge in [-0.25, -0.2) is 4.98 Å². The number of nitrogens with two attached hydrogens (primary N) is 1. The fraction of sp³-hybridized carbons (Fsp3) is 0.318. The van der Waals surface area contributed by atoms with Crippen LogP contribution in [0.4, 0.5) is 8.78 Å². The molecule has 10 nitrogen and oxygen atoms in total. The molecule has 1 aliphatic heterocycles. The summed E-state index contributed by atoms with van der Waals surface area (Å²) in [5.41, 5.74) is 4.87. The Bertz CT molecular complexity index is 1190. The van der Waals surface area contributed by atoms with E-state index in [0.29, 0.717) is 12.3 Å². The minimum absolute atomic E-state index is 0.0946. The molecular weight excluding hydrogens is 518 g/mol. The number of hydrogen-bond acceptors (Lipinski definition) is 8. The SMILES string of the molecule is CN1N=C(NC(=O)C(=C/CC(N)=O)/C(=C\NC=O)c2cc(Cl)ncc2OC(F)F)SC1C#CC1CC1. The normalized spacial score (nSPS) is 17.8. The molecule has 36 heavy (non-hydrogen) atoms. The maximum absolute atomic E-state index is 13.3. The molecule has 190 valence electrons. The van der Waals surface area contributed by atoms with E-state index in [9.17, 15) is 23.2 Å². The molecule has 2 aliphatic rings. The lowest BCUT2D eigenvalue weighted by Crippen LogP contribution is -2.30. The fourth-order valence-corrected chi connectivity index (χ4v) is 3.95. The average Bonchev–Trinajstić information content (AvgIpc) is 3.57. The highest BCUT2D eigenvalue weighted by atomic mass is 35.5. The highest BCUT2D eigenvalue weighted by molar-refractivity contribution is 8.14. The van der Waals surface area contributed by atoms with E-state index in [4.69, 9.17) is 17.3 Å². The first-order chi connectivity index (χ1) is 17.2. The van der Waals surface area contributed by atoms with Crippen molar-refractivity contribution in [1.29, 1.82) is 0 Å². The number of hydrazone groups is 1. The molecular formula is C22H21ClF2N6O4S. The van der Waals surface area contributed by atoms with E-state index in [0.717, 1.165) is 25.2 Å². The van der Waals surface area contributed by atoms with Crippen LogP contribution in [0.25, 0.3) is 5.57 Å². The van der Waals surface area contributed by atoms with Crippen molar-refractivity contribution in [3.63, 3.8) is 0 Å². The Morgan fingerprint density at radius 1 is 1.42 bits per heavy atom. The van der Waals surface area contributed by atoms with Gasteiger partial charge in [0.2, 0.25) is 12.3 Å². The van der Waals surface area contributed by atoms with Crippen LogP contribution >= 0.6 is 23.4 Å². The minimum Gasteiger partial charge on any atom is -0.433 e. The Balaban J connectivity index is 1.95. The molecule has 1 atom stereocenters. The van der Waals surface area contributed by atoms with Crippen molar-refractivity contribution in [1.82, 2.24) is 20.6 Å². The molecule has 0 spiro atoms. The zero-order valence-electron chi connectivity index (χ0n) is 18.8. The number of ether oxygens (including phenoxy) is 1. The number of thioether (sulfide) groups is 1. The van der Waals surface area contributed by atoms with E-state index in [1.165, 1.54) is 23.9 Å². The molecule has 3 amide bonds. The molecule has 1 aromatic heterocycles. The van der Waals surface area contributed by atoms with Crippen molar-refractivity contribution in [2.45, 2.75) is 31.2 Å².